The number of hydrogen-bond acceptors (Lipinski definition) is 6. The van der Waals surface area contributed by atoms with Crippen molar-refractivity contribution in [1.29, 1.82) is 0 Å². The maximum absolute atomic E-state index is 4.22. The summed E-state index contributed by atoms with van der Waals surface area (Å²) in [6.45, 7) is 3.91. The third-order valence-electron chi connectivity index (χ3n) is 3.68. The summed E-state index contributed by atoms with van der Waals surface area (Å²) in [6, 6.07) is 0.609. The van der Waals surface area contributed by atoms with E-state index in [9.17, 15) is 0 Å². The van der Waals surface area contributed by atoms with Crippen molar-refractivity contribution in [3.8, 4) is 0 Å². The fraction of sp³-hybridized carbons (Fsp3) is 0.615. The van der Waals surface area contributed by atoms with Gasteiger partial charge >= 0.3 is 0 Å². The minimum atomic E-state index is 0.609. The fourth-order valence-corrected chi connectivity index (χ4v) is 3.02. The quantitative estimate of drug-likeness (QED) is 0.890. The van der Waals surface area contributed by atoms with Gasteiger partial charge < -0.3 is 10.2 Å². The lowest BCUT2D eigenvalue weighted by Gasteiger charge is -2.29. The van der Waals surface area contributed by atoms with Crippen LogP contribution in [0.2, 0.25) is 0 Å². The van der Waals surface area contributed by atoms with Gasteiger partial charge in [0.2, 0.25) is 0 Å². The maximum atomic E-state index is 4.22. The second kappa shape index (κ2) is 6.43. The summed E-state index contributed by atoms with van der Waals surface area (Å²) in [5.41, 5.74) is 2.85. The molecule has 0 atom stereocenters. The van der Waals surface area contributed by atoms with Crippen LogP contribution in [0.25, 0.3) is 0 Å². The molecule has 1 N–H and O–H groups in total. The lowest BCUT2D eigenvalue weighted by atomic mass is 10.1. The molecule has 0 unspecified atom stereocenters. The molecule has 2 aromatic rings. The van der Waals surface area contributed by atoms with E-state index in [1.54, 1.807) is 11.3 Å². The Bertz CT molecular complexity index is 515. The fourth-order valence-electron chi connectivity index (χ4n) is 2.44. The summed E-state index contributed by atoms with van der Waals surface area (Å²) in [6.07, 6.45) is 6.32. The van der Waals surface area contributed by atoms with E-state index < -0.39 is 0 Å². The third-order valence-corrected chi connectivity index (χ3v) is 4.44. The first-order valence-corrected chi connectivity index (χ1v) is 7.86. The lowest BCUT2D eigenvalue weighted by Crippen LogP contribution is -2.40. The molecule has 0 aromatic carbocycles. The number of likely N-dealkylation sites (tertiary alicyclic amines) is 1. The molecule has 1 aliphatic heterocycles. The Morgan fingerprint density at radius 1 is 1.40 bits per heavy atom. The van der Waals surface area contributed by atoms with E-state index in [1.807, 2.05) is 22.6 Å². The molecule has 0 saturated carbocycles. The molecule has 3 rings (SSSR count). The minimum absolute atomic E-state index is 0.609. The summed E-state index contributed by atoms with van der Waals surface area (Å²) >= 11 is 1.64. The van der Waals surface area contributed by atoms with Crippen LogP contribution in [-0.4, -0.2) is 51.1 Å². The average molecular weight is 292 g/mol. The van der Waals surface area contributed by atoms with Gasteiger partial charge in [-0.25, -0.2) is 4.68 Å². The summed E-state index contributed by atoms with van der Waals surface area (Å²) in [4.78, 5) is 7.65. The standard InChI is InChI=1S/C13H20N6S/c1-18-4-2-11(3-5-18)15-6-12-8-19(17-16-12)9-13-7-14-10-20-13/h7-8,10-11,15H,2-6,9H2,1H3. The van der Waals surface area contributed by atoms with E-state index in [-0.39, 0.29) is 0 Å². The van der Waals surface area contributed by atoms with E-state index in [0.717, 1.165) is 18.8 Å². The average Bonchev–Trinajstić information content (AvgIpc) is 3.11. The first-order valence-electron chi connectivity index (χ1n) is 6.98. The Labute approximate surface area is 122 Å². The maximum Gasteiger partial charge on any atom is 0.0965 e. The van der Waals surface area contributed by atoms with Crippen molar-refractivity contribution < 1.29 is 0 Å². The van der Waals surface area contributed by atoms with Crippen molar-refractivity contribution in [3.63, 3.8) is 0 Å². The predicted octanol–water partition coefficient (Wildman–Crippen LogP) is 0.967. The number of nitrogens with one attached hydrogen (secondary N) is 1. The van der Waals surface area contributed by atoms with Crippen LogP contribution in [-0.2, 0) is 13.1 Å². The number of aromatic nitrogens is 4. The van der Waals surface area contributed by atoms with E-state index in [2.05, 4.69) is 32.6 Å². The molecule has 0 aliphatic carbocycles. The molecule has 20 heavy (non-hydrogen) atoms. The molecule has 0 amide bonds. The molecule has 1 saturated heterocycles. The van der Waals surface area contributed by atoms with Gasteiger partial charge in [-0.1, -0.05) is 5.21 Å². The molecule has 108 valence electrons. The summed E-state index contributed by atoms with van der Waals surface area (Å²) in [5, 5.41) is 12.0. The second-order valence-corrected chi connectivity index (χ2v) is 6.30. The summed E-state index contributed by atoms with van der Waals surface area (Å²) in [5.74, 6) is 0. The number of nitrogens with zero attached hydrogens (tertiary/aromatic N) is 5. The van der Waals surface area contributed by atoms with Crippen LogP contribution in [0.15, 0.2) is 17.9 Å². The van der Waals surface area contributed by atoms with Crippen molar-refractivity contribution >= 4 is 11.3 Å². The molecule has 6 nitrogen and oxygen atoms in total. The molecular formula is C13H20N6S. The molecular weight excluding hydrogens is 272 g/mol. The summed E-state index contributed by atoms with van der Waals surface area (Å²) < 4.78 is 1.87. The highest BCUT2D eigenvalue weighted by atomic mass is 32.1. The number of rotatable bonds is 5. The third kappa shape index (κ3) is 3.62. The summed E-state index contributed by atoms with van der Waals surface area (Å²) in [7, 11) is 2.18. The normalized spacial score (nSPS) is 17.6. The smallest absolute Gasteiger partial charge is 0.0965 e. The van der Waals surface area contributed by atoms with Crippen molar-refractivity contribution in [1.82, 2.24) is 30.2 Å². The molecule has 7 heteroatoms. The Morgan fingerprint density at radius 2 is 2.25 bits per heavy atom. The molecule has 0 bridgehead atoms. The van der Waals surface area contributed by atoms with Crippen molar-refractivity contribution in [3.05, 3.63) is 28.5 Å². The second-order valence-electron chi connectivity index (χ2n) is 5.33. The zero-order valence-electron chi connectivity index (χ0n) is 11.7. The van der Waals surface area contributed by atoms with Gasteiger partial charge in [0.25, 0.3) is 0 Å². The van der Waals surface area contributed by atoms with Gasteiger partial charge in [0, 0.05) is 23.7 Å². The van der Waals surface area contributed by atoms with Crippen LogP contribution in [0.3, 0.4) is 0 Å². The van der Waals surface area contributed by atoms with E-state index in [1.165, 1.54) is 30.8 Å². The van der Waals surface area contributed by atoms with E-state index >= 15 is 0 Å². The van der Waals surface area contributed by atoms with Gasteiger partial charge in [0.1, 0.15) is 0 Å². The zero-order chi connectivity index (χ0) is 13.8. The van der Waals surface area contributed by atoms with Crippen molar-refractivity contribution in [2.45, 2.75) is 32.0 Å². The topological polar surface area (TPSA) is 58.9 Å². The zero-order valence-corrected chi connectivity index (χ0v) is 12.5. The van der Waals surface area contributed by atoms with Crippen LogP contribution < -0.4 is 5.32 Å². The van der Waals surface area contributed by atoms with E-state index in [0.29, 0.717) is 6.04 Å². The SMILES string of the molecule is CN1CCC(NCc2cn(Cc3cncs3)nn2)CC1. The van der Waals surface area contributed by atoms with Gasteiger partial charge in [-0.3, -0.25) is 4.98 Å². The van der Waals surface area contributed by atoms with E-state index in [4.69, 9.17) is 0 Å². The number of thiazole rings is 1. The largest absolute Gasteiger partial charge is 0.308 e. The highest BCUT2D eigenvalue weighted by Crippen LogP contribution is 2.10. The Hall–Kier alpha value is -1.31. The first-order chi connectivity index (χ1) is 9.79. The van der Waals surface area contributed by atoms with Crippen LogP contribution in [0, 0.1) is 0 Å². The molecule has 2 aromatic heterocycles. The lowest BCUT2D eigenvalue weighted by molar-refractivity contribution is 0.233. The highest BCUT2D eigenvalue weighted by molar-refractivity contribution is 7.09. The number of piperidine rings is 1. The van der Waals surface area contributed by atoms with Gasteiger partial charge in [-0.05, 0) is 33.0 Å². The monoisotopic (exact) mass is 292 g/mol. The Kier molecular flexibility index (Phi) is 4.39. The number of hydrogen-bond donors (Lipinski definition) is 1. The van der Waals surface area contributed by atoms with Crippen molar-refractivity contribution in [2.75, 3.05) is 20.1 Å². The molecule has 0 radical (unpaired) electrons. The van der Waals surface area contributed by atoms with Crippen LogP contribution in [0.1, 0.15) is 23.4 Å². The molecule has 1 fully saturated rings. The predicted molar refractivity (Wildman–Crippen MR) is 78.6 cm³/mol. The molecule has 1 aliphatic rings. The highest BCUT2D eigenvalue weighted by Gasteiger charge is 2.16. The Morgan fingerprint density at radius 3 is 3.00 bits per heavy atom. The first kappa shape index (κ1) is 13.7. The van der Waals surface area contributed by atoms with Gasteiger partial charge in [-0.2, -0.15) is 0 Å². The molecule has 3 heterocycles. The minimum Gasteiger partial charge on any atom is -0.308 e. The van der Waals surface area contributed by atoms with Gasteiger partial charge in [-0.15, -0.1) is 16.4 Å². The van der Waals surface area contributed by atoms with Gasteiger partial charge in [0.05, 0.1) is 23.9 Å². The van der Waals surface area contributed by atoms with Gasteiger partial charge in [0.15, 0.2) is 0 Å². The van der Waals surface area contributed by atoms with Crippen LogP contribution in [0.4, 0.5) is 0 Å². The Balaban J connectivity index is 1.47. The van der Waals surface area contributed by atoms with Crippen LogP contribution >= 0.6 is 11.3 Å². The molecule has 0 spiro atoms. The van der Waals surface area contributed by atoms with Crippen LogP contribution in [0.5, 0.6) is 0 Å². The van der Waals surface area contributed by atoms with Crippen molar-refractivity contribution in [2.24, 2.45) is 0 Å².